The molecule has 4 nitrogen and oxygen atoms in total. The van der Waals surface area contributed by atoms with Gasteiger partial charge in [0, 0.05) is 23.7 Å². The highest BCUT2D eigenvalue weighted by atomic mass is 16.6. The van der Waals surface area contributed by atoms with Crippen LogP contribution >= 0.6 is 0 Å². The molecule has 2 atom stereocenters. The summed E-state index contributed by atoms with van der Waals surface area (Å²) in [6, 6.07) is 7.39. The van der Waals surface area contributed by atoms with Crippen LogP contribution in [0.2, 0.25) is 0 Å². The lowest BCUT2D eigenvalue weighted by Crippen LogP contribution is -2.29. The lowest BCUT2D eigenvalue weighted by Gasteiger charge is -2.20. The highest BCUT2D eigenvalue weighted by Crippen LogP contribution is 2.34. The smallest absolute Gasteiger partial charge is 0.274 e. The molecule has 1 aliphatic carbocycles. The Hall–Kier alpha value is -1.42. The van der Waals surface area contributed by atoms with Crippen LogP contribution in [0.15, 0.2) is 24.3 Å². The maximum atomic E-state index is 11.0. The van der Waals surface area contributed by atoms with Crippen molar-refractivity contribution in [2.24, 2.45) is 5.92 Å². The zero-order valence-corrected chi connectivity index (χ0v) is 10.9. The van der Waals surface area contributed by atoms with Gasteiger partial charge in [-0.2, -0.15) is 0 Å². The Balaban J connectivity index is 2.02. The molecule has 4 heteroatoms. The van der Waals surface area contributed by atoms with E-state index in [0.717, 1.165) is 11.5 Å². The molecule has 2 unspecified atom stereocenters. The number of rotatable bonds is 6. The molecular weight excluding hydrogens is 228 g/mol. The highest BCUT2D eigenvalue weighted by Gasteiger charge is 2.25. The van der Waals surface area contributed by atoms with Crippen LogP contribution in [0.4, 0.5) is 5.69 Å². The third-order valence-corrected chi connectivity index (χ3v) is 3.52. The van der Waals surface area contributed by atoms with Gasteiger partial charge < -0.3 is 5.32 Å². The van der Waals surface area contributed by atoms with E-state index in [1.54, 1.807) is 12.1 Å². The fourth-order valence-corrected chi connectivity index (χ4v) is 2.46. The first-order chi connectivity index (χ1) is 8.58. The molecule has 18 heavy (non-hydrogen) atoms. The number of nitro benzene ring substituents is 1. The van der Waals surface area contributed by atoms with Crippen LogP contribution < -0.4 is 5.32 Å². The number of nitrogens with zero attached hydrogens (tertiary/aromatic N) is 1. The van der Waals surface area contributed by atoms with Crippen LogP contribution in [-0.2, 0) is 0 Å². The molecule has 0 bridgehead atoms. The molecule has 98 valence electrons. The molecule has 0 radical (unpaired) electrons. The zero-order chi connectivity index (χ0) is 13.1. The van der Waals surface area contributed by atoms with E-state index in [2.05, 4.69) is 12.2 Å². The van der Waals surface area contributed by atoms with Gasteiger partial charge in [-0.1, -0.05) is 31.0 Å². The molecule has 0 aromatic heterocycles. The van der Waals surface area contributed by atoms with Crippen LogP contribution in [0.5, 0.6) is 0 Å². The van der Waals surface area contributed by atoms with E-state index in [4.69, 9.17) is 0 Å². The minimum atomic E-state index is -0.306. The summed E-state index contributed by atoms with van der Waals surface area (Å²) < 4.78 is 0. The van der Waals surface area contributed by atoms with Crippen LogP contribution in [0.1, 0.15) is 44.7 Å². The number of nitro groups is 1. The van der Waals surface area contributed by atoms with Gasteiger partial charge in [0.25, 0.3) is 5.69 Å². The second kappa shape index (κ2) is 5.48. The highest BCUT2D eigenvalue weighted by molar-refractivity contribution is 5.41. The third-order valence-electron chi connectivity index (χ3n) is 3.52. The Morgan fingerprint density at radius 3 is 2.67 bits per heavy atom. The average Bonchev–Trinajstić information content (AvgIpc) is 3.12. The maximum absolute atomic E-state index is 11.0. The first kappa shape index (κ1) is 13.0. The second-order valence-corrected chi connectivity index (χ2v) is 5.28. The summed E-state index contributed by atoms with van der Waals surface area (Å²) in [4.78, 5) is 10.7. The molecule has 1 saturated carbocycles. The fourth-order valence-electron chi connectivity index (χ4n) is 2.46. The SMILES string of the molecule is CC(CC1CC1)NC(C)c1ccccc1[N+](=O)[O-]. The van der Waals surface area contributed by atoms with Gasteiger partial charge in [0.1, 0.15) is 0 Å². The summed E-state index contributed by atoms with van der Waals surface area (Å²) in [5.41, 5.74) is 0.973. The Morgan fingerprint density at radius 2 is 2.06 bits per heavy atom. The predicted octanol–water partition coefficient (Wildman–Crippen LogP) is 3.43. The van der Waals surface area contributed by atoms with Crippen LogP contribution in [0, 0.1) is 16.0 Å². The van der Waals surface area contributed by atoms with Gasteiger partial charge in [-0.3, -0.25) is 10.1 Å². The van der Waals surface area contributed by atoms with Crippen molar-refractivity contribution in [2.45, 2.75) is 45.2 Å². The van der Waals surface area contributed by atoms with Crippen molar-refractivity contribution in [3.05, 3.63) is 39.9 Å². The summed E-state index contributed by atoms with van der Waals surface area (Å²) in [7, 11) is 0. The van der Waals surface area contributed by atoms with Crippen molar-refractivity contribution in [1.29, 1.82) is 0 Å². The van der Waals surface area contributed by atoms with Crippen molar-refractivity contribution in [1.82, 2.24) is 5.32 Å². The molecule has 1 aromatic carbocycles. The molecule has 0 amide bonds. The zero-order valence-electron chi connectivity index (χ0n) is 10.9. The van der Waals surface area contributed by atoms with Crippen molar-refractivity contribution >= 4 is 5.69 Å². The Kier molecular flexibility index (Phi) is 3.97. The van der Waals surface area contributed by atoms with E-state index in [1.807, 2.05) is 19.1 Å². The summed E-state index contributed by atoms with van der Waals surface area (Å²) in [5.74, 6) is 0.866. The molecule has 0 aliphatic heterocycles. The van der Waals surface area contributed by atoms with Gasteiger partial charge >= 0.3 is 0 Å². The van der Waals surface area contributed by atoms with Gasteiger partial charge in [0.2, 0.25) is 0 Å². The van der Waals surface area contributed by atoms with Crippen LogP contribution in [-0.4, -0.2) is 11.0 Å². The van der Waals surface area contributed by atoms with Crippen molar-refractivity contribution in [3.63, 3.8) is 0 Å². The molecule has 1 aromatic rings. The van der Waals surface area contributed by atoms with Crippen molar-refractivity contribution in [2.75, 3.05) is 0 Å². The van der Waals surface area contributed by atoms with Crippen molar-refractivity contribution in [3.8, 4) is 0 Å². The third kappa shape index (κ3) is 3.29. The summed E-state index contributed by atoms with van der Waals surface area (Å²) >= 11 is 0. The lowest BCUT2D eigenvalue weighted by atomic mass is 10.0. The van der Waals surface area contributed by atoms with Crippen molar-refractivity contribution < 1.29 is 4.92 Å². The molecule has 2 rings (SSSR count). The summed E-state index contributed by atoms with van der Waals surface area (Å²) in [6.07, 6.45) is 3.85. The number of nitrogens with one attached hydrogen (secondary N) is 1. The molecule has 1 fully saturated rings. The fraction of sp³-hybridized carbons (Fsp3) is 0.571. The molecular formula is C14H20N2O2. The van der Waals surface area contributed by atoms with Crippen LogP contribution in [0.25, 0.3) is 0 Å². The first-order valence-corrected chi connectivity index (χ1v) is 6.57. The van der Waals surface area contributed by atoms with E-state index in [1.165, 1.54) is 19.3 Å². The largest absolute Gasteiger partial charge is 0.307 e. The first-order valence-electron chi connectivity index (χ1n) is 6.57. The summed E-state index contributed by atoms with van der Waals surface area (Å²) in [6.45, 7) is 4.15. The number of para-hydroxylation sites is 1. The van der Waals surface area contributed by atoms with Crippen LogP contribution in [0.3, 0.4) is 0 Å². The molecule has 0 heterocycles. The van der Waals surface area contributed by atoms with Gasteiger partial charge in [0.05, 0.1) is 4.92 Å². The summed E-state index contributed by atoms with van der Waals surface area (Å²) in [5, 5.41) is 14.4. The van der Waals surface area contributed by atoms with Gasteiger partial charge in [-0.25, -0.2) is 0 Å². The standard InChI is InChI=1S/C14H20N2O2/c1-10(9-12-7-8-12)15-11(2)13-5-3-4-6-14(13)16(17)18/h3-6,10-12,15H,7-9H2,1-2H3. The molecule has 0 saturated heterocycles. The molecule has 0 spiro atoms. The number of benzene rings is 1. The Labute approximate surface area is 108 Å². The predicted molar refractivity (Wildman–Crippen MR) is 71.5 cm³/mol. The average molecular weight is 248 g/mol. The minimum Gasteiger partial charge on any atom is -0.307 e. The van der Waals surface area contributed by atoms with E-state index in [-0.39, 0.29) is 16.7 Å². The number of hydrogen-bond acceptors (Lipinski definition) is 3. The van der Waals surface area contributed by atoms with E-state index >= 15 is 0 Å². The van der Waals surface area contributed by atoms with Gasteiger partial charge in [-0.05, 0) is 26.2 Å². The van der Waals surface area contributed by atoms with E-state index in [0.29, 0.717) is 6.04 Å². The maximum Gasteiger partial charge on any atom is 0.274 e. The minimum absolute atomic E-state index is 0.0142. The Morgan fingerprint density at radius 1 is 1.39 bits per heavy atom. The quantitative estimate of drug-likeness (QED) is 0.619. The Bertz CT molecular complexity index is 430. The van der Waals surface area contributed by atoms with Gasteiger partial charge in [0.15, 0.2) is 0 Å². The topological polar surface area (TPSA) is 55.2 Å². The molecule has 1 N–H and O–H groups in total. The second-order valence-electron chi connectivity index (χ2n) is 5.28. The molecule has 1 aliphatic rings. The number of hydrogen-bond donors (Lipinski definition) is 1. The van der Waals surface area contributed by atoms with E-state index < -0.39 is 0 Å². The van der Waals surface area contributed by atoms with E-state index in [9.17, 15) is 10.1 Å². The monoisotopic (exact) mass is 248 g/mol. The lowest BCUT2D eigenvalue weighted by molar-refractivity contribution is -0.385. The van der Waals surface area contributed by atoms with Gasteiger partial charge in [-0.15, -0.1) is 0 Å². The normalized spacial score (nSPS) is 18.3.